The van der Waals surface area contributed by atoms with Gasteiger partial charge in [-0.1, -0.05) is 24.3 Å². The van der Waals surface area contributed by atoms with Crippen LogP contribution < -0.4 is 4.90 Å². The van der Waals surface area contributed by atoms with E-state index in [9.17, 15) is 22.4 Å². The highest BCUT2D eigenvalue weighted by Crippen LogP contribution is 2.46. The van der Waals surface area contributed by atoms with Crippen LogP contribution in [0.4, 0.5) is 23.2 Å². The Morgan fingerprint density at radius 2 is 1.88 bits per heavy atom. The second-order valence-corrected chi connectivity index (χ2v) is 6.51. The van der Waals surface area contributed by atoms with Crippen molar-refractivity contribution in [1.29, 1.82) is 0 Å². The van der Waals surface area contributed by atoms with Crippen LogP contribution in [0.15, 0.2) is 42.5 Å². The van der Waals surface area contributed by atoms with Gasteiger partial charge in [-0.2, -0.15) is 13.2 Å². The number of thioether (sulfide) groups is 1. The Labute approximate surface area is 140 Å². The summed E-state index contributed by atoms with van der Waals surface area (Å²) in [5.41, 5.74) is -0.114. The summed E-state index contributed by atoms with van der Waals surface area (Å²) in [6.07, 6.45) is -4.52. The summed E-state index contributed by atoms with van der Waals surface area (Å²) in [5.74, 6) is -0.794. The van der Waals surface area contributed by atoms with Crippen LogP contribution in [0.3, 0.4) is 0 Å². The number of alkyl halides is 3. The van der Waals surface area contributed by atoms with Crippen molar-refractivity contribution in [2.45, 2.75) is 18.5 Å². The lowest BCUT2D eigenvalue weighted by atomic mass is 10.1. The summed E-state index contributed by atoms with van der Waals surface area (Å²) in [6, 6.07) is 9.40. The molecule has 24 heavy (non-hydrogen) atoms. The third-order valence-electron chi connectivity index (χ3n) is 3.83. The van der Waals surface area contributed by atoms with E-state index in [2.05, 4.69) is 0 Å². The highest BCUT2D eigenvalue weighted by atomic mass is 32.2. The number of hydrogen-bond donors (Lipinski definition) is 0. The molecular weight excluding hydrogens is 342 g/mol. The Bertz CT molecular complexity index is 790. The quantitative estimate of drug-likeness (QED) is 0.712. The van der Waals surface area contributed by atoms with Gasteiger partial charge in [0.05, 0.1) is 11.3 Å². The first-order chi connectivity index (χ1) is 11.3. The minimum absolute atomic E-state index is 0.00170. The molecule has 0 N–H and O–H groups in total. The summed E-state index contributed by atoms with van der Waals surface area (Å²) in [4.78, 5) is 13.5. The Hall–Kier alpha value is -2.02. The number of aryl methyl sites for hydroxylation is 1. The number of amides is 1. The fourth-order valence-corrected chi connectivity index (χ4v) is 3.85. The molecule has 2 aromatic carbocycles. The predicted molar refractivity (Wildman–Crippen MR) is 85.3 cm³/mol. The predicted octanol–water partition coefficient (Wildman–Crippen LogP) is 4.93. The van der Waals surface area contributed by atoms with Gasteiger partial charge in [0.2, 0.25) is 5.91 Å². The molecule has 1 unspecified atom stereocenters. The van der Waals surface area contributed by atoms with Gasteiger partial charge in [-0.05, 0) is 36.2 Å². The molecule has 1 fully saturated rings. The number of rotatable bonds is 2. The van der Waals surface area contributed by atoms with E-state index in [0.717, 1.165) is 17.8 Å². The minimum atomic E-state index is -4.52. The van der Waals surface area contributed by atoms with Crippen molar-refractivity contribution >= 4 is 23.4 Å². The van der Waals surface area contributed by atoms with Crippen LogP contribution in [0.25, 0.3) is 0 Å². The highest BCUT2D eigenvalue weighted by Gasteiger charge is 2.41. The Balaban J connectivity index is 2.08. The maximum atomic E-state index is 13.8. The first-order valence-electron chi connectivity index (χ1n) is 7.15. The van der Waals surface area contributed by atoms with Crippen LogP contribution in [-0.2, 0) is 11.0 Å². The molecule has 0 radical (unpaired) electrons. The topological polar surface area (TPSA) is 20.3 Å². The molecule has 1 aliphatic heterocycles. The van der Waals surface area contributed by atoms with Gasteiger partial charge >= 0.3 is 6.18 Å². The number of benzene rings is 2. The summed E-state index contributed by atoms with van der Waals surface area (Å²) in [6.45, 7) is 1.58. The third-order valence-corrected chi connectivity index (χ3v) is 5.03. The van der Waals surface area contributed by atoms with Crippen molar-refractivity contribution in [3.63, 3.8) is 0 Å². The van der Waals surface area contributed by atoms with E-state index in [-0.39, 0.29) is 22.9 Å². The standard InChI is InChI=1S/C17H13F4NOS/c1-10-6-7-11(8-14(10)18)22-15(23)9-24-16(22)12-4-2-3-5-13(12)17(19,20)21/h2-8,16H,9H2,1H3. The van der Waals surface area contributed by atoms with Crippen LogP contribution >= 0.6 is 11.8 Å². The zero-order valence-electron chi connectivity index (χ0n) is 12.6. The smallest absolute Gasteiger partial charge is 0.295 e. The average Bonchev–Trinajstić information content (AvgIpc) is 2.91. The third kappa shape index (κ3) is 3.00. The molecule has 0 saturated carbocycles. The largest absolute Gasteiger partial charge is 0.416 e. The molecule has 7 heteroatoms. The number of carbonyl (C=O) groups excluding carboxylic acids is 1. The molecule has 0 bridgehead atoms. The SMILES string of the molecule is Cc1ccc(N2C(=O)CSC2c2ccccc2C(F)(F)F)cc1F. The van der Waals surface area contributed by atoms with Gasteiger partial charge in [-0.15, -0.1) is 11.8 Å². The zero-order chi connectivity index (χ0) is 17.5. The molecule has 3 rings (SSSR count). The minimum Gasteiger partial charge on any atom is -0.295 e. The second kappa shape index (κ2) is 6.12. The van der Waals surface area contributed by atoms with Crippen molar-refractivity contribution < 1.29 is 22.4 Å². The number of nitrogens with zero attached hydrogens (tertiary/aromatic N) is 1. The van der Waals surface area contributed by atoms with Crippen molar-refractivity contribution in [3.05, 3.63) is 65.0 Å². The Morgan fingerprint density at radius 3 is 2.54 bits per heavy atom. The number of carbonyl (C=O) groups is 1. The highest BCUT2D eigenvalue weighted by molar-refractivity contribution is 8.00. The fraction of sp³-hybridized carbons (Fsp3) is 0.235. The normalized spacial score (nSPS) is 18.3. The lowest BCUT2D eigenvalue weighted by Crippen LogP contribution is -2.29. The van der Waals surface area contributed by atoms with Gasteiger partial charge in [0.15, 0.2) is 0 Å². The van der Waals surface area contributed by atoms with E-state index in [1.54, 1.807) is 13.0 Å². The molecule has 0 aliphatic carbocycles. The lowest BCUT2D eigenvalue weighted by molar-refractivity contribution is -0.138. The molecule has 0 spiro atoms. The summed E-state index contributed by atoms with van der Waals surface area (Å²) in [5, 5.41) is -0.836. The fourth-order valence-electron chi connectivity index (χ4n) is 2.64. The molecule has 1 saturated heterocycles. The number of anilines is 1. The maximum absolute atomic E-state index is 13.8. The van der Waals surface area contributed by atoms with Gasteiger partial charge in [-0.25, -0.2) is 4.39 Å². The van der Waals surface area contributed by atoms with Gasteiger partial charge in [0.1, 0.15) is 11.2 Å². The molecule has 1 atom stereocenters. The van der Waals surface area contributed by atoms with Crippen LogP contribution in [0, 0.1) is 12.7 Å². The summed E-state index contributed by atoms with van der Waals surface area (Å²) >= 11 is 1.10. The average molecular weight is 355 g/mol. The first-order valence-corrected chi connectivity index (χ1v) is 8.20. The van der Waals surface area contributed by atoms with Crippen molar-refractivity contribution in [2.24, 2.45) is 0 Å². The van der Waals surface area contributed by atoms with E-state index < -0.39 is 22.9 Å². The van der Waals surface area contributed by atoms with Gasteiger partial charge in [0.25, 0.3) is 0 Å². The molecule has 2 nitrogen and oxygen atoms in total. The molecule has 126 valence electrons. The van der Waals surface area contributed by atoms with E-state index in [1.807, 2.05) is 0 Å². The molecule has 1 amide bonds. The second-order valence-electron chi connectivity index (χ2n) is 5.45. The summed E-state index contributed by atoms with van der Waals surface area (Å²) in [7, 11) is 0. The maximum Gasteiger partial charge on any atom is 0.416 e. The van der Waals surface area contributed by atoms with E-state index in [0.29, 0.717) is 5.56 Å². The van der Waals surface area contributed by atoms with Crippen LogP contribution in [0.5, 0.6) is 0 Å². The molecular formula is C17H13F4NOS. The van der Waals surface area contributed by atoms with Crippen molar-refractivity contribution in [3.8, 4) is 0 Å². The molecule has 1 aliphatic rings. The Kier molecular flexibility index (Phi) is 4.29. The van der Waals surface area contributed by atoms with Crippen LogP contribution in [-0.4, -0.2) is 11.7 Å². The Morgan fingerprint density at radius 1 is 1.17 bits per heavy atom. The molecule has 1 heterocycles. The lowest BCUT2D eigenvalue weighted by Gasteiger charge is -2.26. The molecule has 0 aromatic heterocycles. The number of halogens is 4. The first kappa shape index (κ1) is 16.8. The van der Waals surface area contributed by atoms with E-state index >= 15 is 0 Å². The van der Waals surface area contributed by atoms with Crippen molar-refractivity contribution in [1.82, 2.24) is 0 Å². The van der Waals surface area contributed by atoms with Gasteiger partial charge in [0, 0.05) is 5.69 Å². The molecule has 2 aromatic rings. The van der Waals surface area contributed by atoms with Gasteiger partial charge in [-0.3, -0.25) is 9.69 Å². The van der Waals surface area contributed by atoms with E-state index in [4.69, 9.17) is 0 Å². The zero-order valence-corrected chi connectivity index (χ0v) is 13.4. The van der Waals surface area contributed by atoms with Gasteiger partial charge < -0.3 is 0 Å². The van der Waals surface area contributed by atoms with Crippen LogP contribution in [0.1, 0.15) is 22.1 Å². The van der Waals surface area contributed by atoms with E-state index in [1.165, 1.54) is 35.2 Å². The monoisotopic (exact) mass is 355 g/mol. The number of hydrogen-bond acceptors (Lipinski definition) is 2. The van der Waals surface area contributed by atoms with Crippen LogP contribution in [0.2, 0.25) is 0 Å². The summed E-state index contributed by atoms with van der Waals surface area (Å²) < 4.78 is 53.7. The van der Waals surface area contributed by atoms with Crippen molar-refractivity contribution in [2.75, 3.05) is 10.7 Å².